The molecule has 2 rings (SSSR count). The summed E-state index contributed by atoms with van der Waals surface area (Å²) in [7, 11) is 1.89. The smallest absolute Gasteiger partial charge is 0.223 e. The molecule has 2 heterocycles. The number of aromatic nitrogens is 2. The van der Waals surface area contributed by atoms with E-state index in [1.54, 1.807) is 4.68 Å². The SMILES string of the molecule is Cc1nn(C)cc1CNC(=O)C(C)C1CNC1. The number of hydrogen-bond acceptors (Lipinski definition) is 3. The van der Waals surface area contributed by atoms with E-state index >= 15 is 0 Å². The molecule has 1 fully saturated rings. The molecule has 5 nitrogen and oxygen atoms in total. The zero-order chi connectivity index (χ0) is 12.4. The van der Waals surface area contributed by atoms with E-state index in [1.807, 2.05) is 27.1 Å². The van der Waals surface area contributed by atoms with Crippen molar-refractivity contribution >= 4 is 5.91 Å². The molecule has 1 atom stereocenters. The van der Waals surface area contributed by atoms with E-state index in [4.69, 9.17) is 0 Å². The molecule has 0 radical (unpaired) electrons. The monoisotopic (exact) mass is 236 g/mol. The Bertz CT molecular complexity index is 409. The summed E-state index contributed by atoms with van der Waals surface area (Å²) < 4.78 is 1.77. The molecule has 0 aliphatic carbocycles. The van der Waals surface area contributed by atoms with Gasteiger partial charge in [0.15, 0.2) is 0 Å². The molecule has 1 unspecified atom stereocenters. The Balaban J connectivity index is 1.85. The Kier molecular flexibility index (Phi) is 3.47. The van der Waals surface area contributed by atoms with Gasteiger partial charge in [-0.25, -0.2) is 0 Å². The molecule has 1 aromatic rings. The molecule has 0 spiro atoms. The average Bonchev–Trinajstić information content (AvgIpc) is 2.51. The topological polar surface area (TPSA) is 59.0 Å². The van der Waals surface area contributed by atoms with Crippen molar-refractivity contribution in [1.29, 1.82) is 0 Å². The maximum atomic E-state index is 11.9. The van der Waals surface area contributed by atoms with Crippen molar-refractivity contribution in [2.45, 2.75) is 20.4 Å². The second-order valence-corrected chi connectivity index (χ2v) is 4.84. The molecular weight excluding hydrogens is 216 g/mol. The second-order valence-electron chi connectivity index (χ2n) is 4.84. The van der Waals surface area contributed by atoms with Crippen LogP contribution in [-0.2, 0) is 18.4 Å². The third-order valence-corrected chi connectivity index (χ3v) is 3.50. The normalized spacial score (nSPS) is 17.6. The first-order valence-electron chi connectivity index (χ1n) is 6.05. The van der Waals surface area contributed by atoms with E-state index in [-0.39, 0.29) is 11.8 Å². The third kappa shape index (κ3) is 2.66. The molecule has 0 aromatic carbocycles. The van der Waals surface area contributed by atoms with Gasteiger partial charge in [-0.15, -0.1) is 0 Å². The highest BCUT2D eigenvalue weighted by molar-refractivity contribution is 5.78. The first-order valence-corrected chi connectivity index (χ1v) is 6.05. The zero-order valence-electron chi connectivity index (χ0n) is 10.7. The predicted octanol–water partition coefficient (Wildman–Crippen LogP) is 0.200. The van der Waals surface area contributed by atoms with Crippen LogP contribution in [0.25, 0.3) is 0 Å². The standard InChI is InChI=1S/C12H20N4O/c1-8(10-4-13-5-10)12(17)14-6-11-7-16(3)15-9(11)2/h7-8,10,13H,4-6H2,1-3H3,(H,14,17). The summed E-state index contributed by atoms with van der Waals surface area (Å²) in [4.78, 5) is 11.9. The third-order valence-electron chi connectivity index (χ3n) is 3.50. The fourth-order valence-electron chi connectivity index (χ4n) is 2.04. The molecule has 1 aliphatic rings. The van der Waals surface area contributed by atoms with E-state index < -0.39 is 0 Å². The van der Waals surface area contributed by atoms with Crippen LogP contribution in [0, 0.1) is 18.8 Å². The number of carbonyl (C=O) groups is 1. The highest BCUT2D eigenvalue weighted by atomic mass is 16.1. The van der Waals surface area contributed by atoms with Crippen LogP contribution in [0.3, 0.4) is 0 Å². The lowest BCUT2D eigenvalue weighted by Crippen LogP contribution is -2.49. The lowest BCUT2D eigenvalue weighted by atomic mass is 9.88. The van der Waals surface area contributed by atoms with Crippen LogP contribution in [-0.4, -0.2) is 28.8 Å². The Hall–Kier alpha value is -1.36. The highest BCUT2D eigenvalue weighted by Gasteiger charge is 2.28. The lowest BCUT2D eigenvalue weighted by molar-refractivity contribution is -0.126. The molecule has 0 saturated carbocycles. The number of aryl methyl sites for hydroxylation is 2. The van der Waals surface area contributed by atoms with Crippen LogP contribution in [0.4, 0.5) is 0 Å². The number of nitrogens with one attached hydrogen (secondary N) is 2. The number of amides is 1. The van der Waals surface area contributed by atoms with E-state index in [0.29, 0.717) is 12.5 Å². The fraction of sp³-hybridized carbons (Fsp3) is 0.667. The molecule has 1 aliphatic heterocycles. The molecule has 0 bridgehead atoms. The first-order chi connectivity index (χ1) is 8.08. The van der Waals surface area contributed by atoms with Gasteiger partial charge in [0.1, 0.15) is 0 Å². The Morgan fingerprint density at radius 3 is 2.88 bits per heavy atom. The van der Waals surface area contributed by atoms with Crippen LogP contribution in [0.15, 0.2) is 6.20 Å². The van der Waals surface area contributed by atoms with Gasteiger partial charge >= 0.3 is 0 Å². The van der Waals surface area contributed by atoms with E-state index in [9.17, 15) is 4.79 Å². The Labute approximate surface area is 102 Å². The maximum Gasteiger partial charge on any atom is 0.223 e. The highest BCUT2D eigenvalue weighted by Crippen LogP contribution is 2.16. The van der Waals surface area contributed by atoms with Crippen LogP contribution in [0.2, 0.25) is 0 Å². The van der Waals surface area contributed by atoms with Gasteiger partial charge in [-0.05, 0) is 25.9 Å². The molecule has 1 aromatic heterocycles. The van der Waals surface area contributed by atoms with E-state index in [1.165, 1.54) is 0 Å². The average molecular weight is 236 g/mol. The minimum absolute atomic E-state index is 0.0910. The van der Waals surface area contributed by atoms with Crippen molar-refractivity contribution in [3.8, 4) is 0 Å². The number of nitrogens with zero attached hydrogens (tertiary/aromatic N) is 2. The van der Waals surface area contributed by atoms with Gasteiger partial charge in [0.05, 0.1) is 5.69 Å². The Morgan fingerprint density at radius 2 is 2.41 bits per heavy atom. The summed E-state index contributed by atoms with van der Waals surface area (Å²) in [6.07, 6.45) is 1.95. The first kappa shape index (κ1) is 12.1. The summed E-state index contributed by atoms with van der Waals surface area (Å²) in [5.41, 5.74) is 2.06. The van der Waals surface area contributed by atoms with Gasteiger partial charge in [-0.3, -0.25) is 9.48 Å². The quantitative estimate of drug-likeness (QED) is 0.785. The summed E-state index contributed by atoms with van der Waals surface area (Å²) in [5, 5.41) is 10.4. The minimum Gasteiger partial charge on any atom is -0.352 e. The van der Waals surface area contributed by atoms with Crippen LogP contribution < -0.4 is 10.6 Å². The van der Waals surface area contributed by atoms with Gasteiger partial charge in [0.25, 0.3) is 0 Å². The molecule has 2 N–H and O–H groups in total. The predicted molar refractivity (Wildman–Crippen MR) is 65.3 cm³/mol. The van der Waals surface area contributed by atoms with Crippen molar-refractivity contribution in [3.63, 3.8) is 0 Å². The van der Waals surface area contributed by atoms with E-state index in [0.717, 1.165) is 24.3 Å². The largest absolute Gasteiger partial charge is 0.352 e. The molecule has 1 amide bonds. The summed E-state index contributed by atoms with van der Waals surface area (Å²) in [6.45, 7) is 6.45. The van der Waals surface area contributed by atoms with Crippen molar-refractivity contribution in [3.05, 3.63) is 17.5 Å². The van der Waals surface area contributed by atoms with Crippen molar-refractivity contribution < 1.29 is 4.79 Å². The minimum atomic E-state index is 0.0910. The number of carbonyl (C=O) groups excluding carboxylic acids is 1. The van der Waals surface area contributed by atoms with Crippen LogP contribution in [0.5, 0.6) is 0 Å². The van der Waals surface area contributed by atoms with Crippen molar-refractivity contribution in [1.82, 2.24) is 20.4 Å². The van der Waals surface area contributed by atoms with Gasteiger partial charge in [-0.2, -0.15) is 5.10 Å². The lowest BCUT2D eigenvalue weighted by Gasteiger charge is -2.31. The molecule has 5 heteroatoms. The van der Waals surface area contributed by atoms with E-state index in [2.05, 4.69) is 15.7 Å². The van der Waals surface area contributed by atoms with Crippen LogP contribution in [0.1, 0.15) is 18.2 Å². The second kappa shape index (κ2) is 4.87. The Morgan fingerprint density at radius 1 is 1.71 bits per heavy atom. The van der Waals surface area contributed by atoms with Gasteiger partial charge in [-0.1, -0.05) is 6.92 Å². The molecular formula is C12H20N4O. The van der Waals surface area contributed by atoms with Gasteiger partial charge in [0, 0.05) is 31.3 Å². The fourth-order valence-corrected chi connectivity index (χ4v) is 2.04. The maximum absolute atomic E-state index is 11.9. The summed E-state index contributed by atoms with van der Waals surface area (Å²) in [5.74, 6) is 0.720. The van der Waals surface area contributed by atoms with Crippen molar-refractivity contribution in [2.75, 3.05) is 13.1 Å². The summed E-state index contributed by atoms with van der Waals surface area (Å²) >= 11 is 0. The zero-order valence-corrected chi connectivity index (χ0v) is 10.7. The van der Waals surface area contributed by atoms with Gasteiger partial charge in [0.2, 0.25) is 5.91 Å². The number of hydrogen-bond donors (Lipinski definition) is 2. The van der Waals surface area contributed by atoms with Gasteiger partial charge < -0.3 is 10.6 Å². The summed E-state index contributed by atoms with van der Waals surface area (Å²) in [6, 6.07) is 0. The molecule has 1 saturated heterocycles. The molecule has 17 heavy (non-hydrogen) atoms. The molecule has 94 valence electrons. The number of rotatable bonds is 4. The van der Waals surface area contributed by atoms with Crippen LogP contribution >= 0.6 is 0 Å². The van der Waals surface area contributed by atoms with Crippen molar-refractivity contribution in [2.24, 2.45) is 18.9 Å².